The zero-order valence-electron chi connectivity index (χ0n) is 25.5. The molecule has 1 aromatic carbocycles. The number of pyridine rings is 1. The molecular weight excluding hydrogens is 579 g/mol. The van der Waals surface area contributed by atoms with Gasteiger partial charge in [0.05, 0.1) is 18.6 Å². The van der Waals surface area contributed by atoms with E-state index in [1.807, 2.05) is 60.1 Å². The van der Waals surface area contributed by atoms with Crippen molar-refractivity contribution in [1.82, 2.24) is 34.6 Å². The molecule has 43 heavy (non-hydrogen) atoms. The fraction of sp³-hybridized carbons (Fsp3) is 0.419. The fourth-order valence-electron chi connectivity index (χ4n) is 4.41. The smallest absolute Gasteiger partial charge is 0.234 e. The minimum atomic E-state index is -0.330. The minimum Gasteiger partial charge on any atom is -0.508 e. The molecule has 0 saturated heterocycles. The number of aliphatic imine (C=N–C) groups is 1. The Morgan fingerprint density at radius 1 is 1.00 bits per heavy atom. The van der Waals surface area contributed by atoms with Gasteiger partial charge in [-0.3, -0.25) is 4.98 Å². The molecule has 1 N–H and O–H groups in total. The summed E-state index contributed by atoms with van der Waals surface area (Å²) >= 11 is 3.12. The van der Waals surface area contributed by atoms with Crippen molar-refractivity contribution in [3.05, 3.63) is 83.6 Å². The number of hydrogen-bond acceptors (Lipinski definition) is 9. The Kier molecular flexibility index (Phi) is 9.16. The number of hydrazone groups is 1. The van der Waals surface area contributed by atoms with Crippen LogP contribution in [0.5, 0.6) is 5.75 Å². The summed E-state index contributed by atoms with van der Waals surface area (Å²) in [5.74, 6) is 0.852. The van der Waals surface area contributed by atoms with Crippen molar-refractivity contribution in [3.63, 3.8) is 0 Å². The summed E-state index contributed by atoms with van der Waals surface area (Å²) in [4.78, 5) is 16.2. The number of phenols is 1. The Hall–Kier alpha value is -3.77. The third kappa shape index (κ3) is 7.61. The van der Waals surface area contributed by atoms with E-state index in [2.05, 4.69) is 71.2 Å². The summed E-state index contributed by atoms with van der Waals surface area (Å²) < 4.78 is 2.07. The van der Waals surface area contributed by atoms with Crippen LogP contribution in [0.25, 0.3) is 0 Å². The molecule has 226 valence electrons. The van der Waals surface area contributed by atoms with Crippen molar-refractivity contribution < 1.29 is 5.11 Å². The van der Waals surface area contributed by atoms with Gasteiger partial charge in [0.2, 0.25) is 11.1 Å². The average Bonchev–Trinajstić information content (AvgIpc) is 3.73. The summed E-state index contributed by atoms with van der Waals surface area (Å²) in [6.45, 7) is 14.8. The highest BCUT2D eigenvalue weighted by atomic mass is 32.2. The Labute approximate surface area is 261 Å². The van der Waals surface area contributed by atoms with Crippen molar-refractivity contribution >= 4 is 39.2 Å². The first-order valence-electron chi connectivity index (χ1n) is 14.3. The topological polar surface area (TPSA) is 108 Å². The van der Waals surface area contributed by atoms with Crippen LogP contribution in [0.4, 0.5) is 5.13 Å². The maximum Gasteiger partial charge on any atom is 0.234 e. The number of aromatic nitrogens is 5. The molecule has 5 rings (SSSR count). The number of imidazole rings is 1. The number of aromatic hydroxyl groups is 1. The molecule has 0 amide bonds. The number of guanidine groups is 1. The van der Waals surface area contributed by atoms with Crippen LogP contribution in [0.1, 0.15) is 69.6 Å². The fourth-order valence-corrected chi connectivity index (χ4v) is 6.45. The number of rotatable bonds is 8. The molecule has 4 heterocycles. The molecule has 0 radical (unpaired) electrons. The van der Waals surface area contributed by atoms with Crippen LogP contribution in [0.3, 0.4) is 0 Å². The monoisotopic (exact) mass is 617 g/mol. The number of para-hydroxylation sites is 1. The van der Waals surface area contributed by atoms with E-state index in [1.165, 1.54) is 11.3 Å². The lowest BCUT2D eigenvalue weighted by Gasteiger charge is -2.33. The molecule has 1 unspecified atom stereocenters. The van der Waals surface area contributed by atoms with Crippen LogP contribution in [-0.2, 0) is 18.5 Å². The third-order valence-corrected chi connectivity index (χ3v) is 9.55. The van der Waals surface area contributed by atoms with Crippen LogP contribution in [0.2, 0.25) is 0 Å². The molecule has 1 aliphatic heterocycles. The molecular formula is C31H39N9OS2. The molecule has 0 aliphatic carbocycles. The molecule has 4 aromatic rings. The summed E-state index contributed by atoms with van der Waals surface area (Å²) in [7, 11) is 0. The lowest BCUT2D eigenvalue weighted by Crippen LogP contribution is -2.42. The first kappa shape index (κ1) is 30.7. The zero-order valence-corrected chi connectivity index (χ0v) is 27.2. The average molecular weight is 618 g/mol. The van der Waals surface area contributed by atoms with E-state index >= 15 is 0 Å². The van der Waals surface area contributed by atoms with Crippen molar-refractivity contribution in [1.29, 1.82) is 0 Å². The summed E-state index contributed by atoms with van der Waals surface area (Å²) in [6, 6.07) is 13.4. The van der Waals surface area contributed by atoms with Gasteiger partial charge in [-0.05, 0) is 24.6 Å². The normalized spacial score (nSPS) is 16.0. The molecule has 0 saturated carbocycles. The Bertz CT molecular complexity index is 1550. The van der Waals surface area contributed by atoms with Gasteiger partial charge < -0.3 is 14.6 Å². The number of nitrogens with zero attached hydrogens (tertiary/aromatic N) is 9. The molecule has 1 atom stereocenters. The van der Waals surface area contributed by atoms with Gasteiger partial charge in [0.15, 0.2) is 0 Å². The summed E-state index contributed by atoms with van der Waals surface area (Å²) in [5, 5.41) is 29.2. The predicted octanol–water partition coefficient (Wildman–Crippen LogP) is 6.82. The summed E-state index contributed by atoms with van der Waals surface area (Å²) in [6.07, 6.45) is 8.24. The lowest BCUT2D eigenvalue weighted by molar-refractivity contribution is 0.300. The van der Waals surface area contributed by atoms with Gasteiger partial charge in [0.25, 0.3) is 0 Å². The van der Waals surface area contributed by atoms with E-state index < -0.39 is 0 Å². The largest absolute Gasteiger partial charge is 0.508 e. The molecule has 10 nitrogen and oxygen atoms in total. The maximum absolute atomic E-state index is 11.0. The van der Waals surface area contributed by atoms with E-state index in [0.717, 1.165) is 34.3 Å². The van der Waals surface area contributed by atoms with E-state index in [-0.39, 0.29) is 22.0 Å². The Morgan fingerprint density at radius 3 is 2.44 bits per heavy atom. The van der Waals surface area contributed by atoms with Gasteiger partial charge in [-0.25, -0.2) is 9.99 Å². The first-order chi connectivity index (χ1) is 20.5. The number of phenolic OH excluding ortho intramolecular Hbond substituents is 1. The molecule has 0 spiro atoms. The molecule has 1 aliphatic rings. The highest BCUT2D eigenvalue weighted by Gasteiger charge is 2.40. The molecule has 3 aromatic heterocycles. The van der Waals surface area contributed by atoms with Gasteiger partial charge in [-0.15, -0.1) is 10.2 Å². The minimum absolute atomic E-state index is 0.149. The van der Waals surface area contributed by atoms with Crippen molar-refractivity contribution in [2.45, 2.75) is 71.8 Å². The third-order valence-electron chi connectivity index (χ3n) is 6.71. The second kappa shape index (κ2) is 12.8. The number of thioether (sulfide) groups is 1. The van der Waals surface area contributed by atoms with Gasteiger partial charge in [-0.1, -0.05) is 88.9 Å². The van der Waals surface area contributed by atoms with Crippen LogP contribution in [-0.4, -0.2) is 57.3 Å². The highest BCUT2D eigenvalue weighted by molar-refractivity contribution is 8.14. The van der Waals surface area contributed by atoms with Crippen LogP contribution < -0.4 is 0 Å². The summed E-state index contributed by atoms with van der Waals surface area (Å²) in [5.41, 5.74) is 1.33. The van der Waals surface area contributed by atoms with Crippen molar-refractivity contribution in [2.75, 3.05) is 6.54 Å². The van der Waals surface area contributed by atoms with Crippen LogP contribution in [0, 0.1) is 5.41 Å². The quantitative estimate of drug-likeness (QED) is 0.170. The van der Waals surface area contributed by atoms with Gasteiger partial charge in [0.1, 0.15) is 21.2 Å². The lowest BCUT2D eigenvalue weighted by atomic mass is 9.98. The SMILES string of the molecule is CC(C)(C)C1=NN(/C(=N/c2nnc(C(C)(C)C)s2)N(CCCn2ccnc2)Cc2ccccn2)C(c2ccccc2O)S1. The van der Waals surface area contributed by atoms with E-state index in [4.69, 9.17) is 10.1 Å². The molecule has 0 bridgehead atoms. The Balaban J connectivity index is 1.62. The molecule has 12 heteroatoms. The van der Waals surface area contributed by atoms with E-state index in [0.29, 0.717) is 24.2 Å². The van der Waals surface area contributed by atoms with Crippen LogP contribution >= 0.6 is 23.1 Å². The van der Waals surface area contributed by atoms with Gasteiger partial charge in [-0.2, -0.15) is 10.1 Å². The first-order valence-corrected chi connectivity index (χ1v) is 16.0. The van der Waals surface area contributed by atoms with Crippen LogP contribution in [0.15, 0.2) is 77.5 Å². The number of aryl methyl sites for hydroxylation is 1. The zero-order chi connectivity index (χ0) is 30.6. The van der Waals surface area contributed by atoms with Gasteiger partial charge >= 0.3 is 0 Å². The van der Waals surface area contributed by atoms with Gasteiger partial charge in [0, 0.05) is 48.1 Å². The second-order valence-corrected chi connectivity index (χ2v) is 14.5. The number of hydrogen-bond donors (Lipinski definition) is 1. The number of benzene rings is 1. The van der Waals surface area contributed by atoms with E-state index in [9.17, 15) is 5.11 Å². The maximum atomic E-state index is 11.0. The molecule has 0 fully saturated rings. The second-order valence-electron chi connectivity index (χ2n) is 12.5. The van der Waals surface area contributed by atoms with Crippen molar-refractivity contribution in [3.8, 4) is 5.75 Å². The predicted molar refractivity (Wildman–Crippen MR) is 174 cm³/mol. The van der Waals surface area contributed by atoms with Crippen molar-refractivity contribution in [2.24, 2.45) is 15.5 Å². The Morgan fingerprint density at radius 2 is 1.79 bits per heavy atom. The highest BCUT2D eigenvalue weighted by Crippen LogP contribution is 2.47. The standard InChI is InChI=1S/C31H39N9OS2/c1-30(2,3)26-35-36-28(43-26)34-29(39(20-22-12-9-10-15-33-22)18-11-17-38-19-16-32-21-38)40-25(23-13-7-8-14-24(23)41)42-27(37-40)31(4,5)6/h7-10,12-16,19,21,25,41H,11,17-18,20H2,1-6H3/b34-29+. The van der Waals surface area contributed by atoms with E-state index in [1.54, 1.807) is 24.0 Å².